The third-order valence-electron chi connectivity index (χ3n) is 4.40. The molecule has 7 heteroatoms. The van der Waals surface area contributed by atoms with Crippen LogP contribution in [0.5, 0.6) is 11.5 Å². The fourth-order valence-corrected chi connectivity index (χ4v) is 3.31. The fourth-order valence-electron chi connectivity index (χ4n) is 2.96. The van der Waals surface area contributed by atoms with E-state index in [4.69, 9.17) is 33.3 Å². The Hall–Kier alpha value is -3.09. The highest BCUT2D eigenvalue weighted by atomic mass is 35.5. The Labute approximate surface area is 178 Å². The van der Waals surface area contributed by atoms with E-state index in [0.717, 1.165) is 17.1 Å². The summed E-state index contributed by atoms with van der Waals surface area (Å²) in [6, 6.07) is 19.9. The first-order valence-corrected chi connectivity index (χ1v) is 9.71. The molecule has 1 heterocycles. The van der Waals surface area contributed by atoms with E-state index >= 15 is 0 Å². The number of rotatable bonds is 5. The molecule has 3 aromatic rings. The molecule has 0 bridgehead atoms. The lowest BCUT2D eigenvalue weighted by Gasteiger charge is -2.14. The Kier molecular flexibility index (Phi) is 5.64. The van der Waals surface area contributed by atoms with Crippen LogP contribution < -0.4 is 20.1 Å². The number of ether oxygens (including phenoxy) is 2. The first-order chi connectivity index (χ1) is 14.1. The van der Waals surface area contributed by atoms with Crippen molar-refractivity contribution in [1.29, 1.82) is 0 Å². The molecule has 0 amide bonds. The van der Waals surface area contributed by atoms with E-state index < -0.39 is 0 Å². The summed E-state index contributed by atoms with van der Waals surface area (Å²) < 4.78 is 10.7. The summed E-state index contributed by atoms with van der Waals surface area (Å²) in [6.07, 6.45) is 0. The molecule has 1 aliphatic rings. The van der Waals surface area contributed by atoms with Gasteiger partial charge in [-0.2, -0.15) is 0 Å². The molecule has 2 N–H and O–H groups in total. The Balaban J connectivity index is 1.46. The second-order valence-corrected chi connectivity index (χ2v) is 7.23. The normalized spacial score (nSPS) is 11.8. The lowest BCUT2D eigenvalue weighted by atomic mass is 10.0. The summed E-state index contributed by atoms with van der Waals surface area (Å²) in [7, 11) is 0. The van der Waals surface area contributed by atoms with Crippen LogP contribution in [0.15, 0.2) is 66.7 Å². The minimum absolute atomic E-state index is 0.130. The number of carbonyl (C=O) groups excluding carboxylic acids is 1. The van der Waals surface area contributed by atoms with Gasteiger partial charge in [0, 0.05) is 22.7 Å². The lowest BCUT2D eigenvalue weighted by Crippen LogP contribution is -2.28. The molecule has 0 radical (unpaired) electrons. The number of nitrogens with one attached hydrogen (secondary N) is 2. The van der Waals surface area contributed by atoms with Gasteiger partial charge >= 0.3 is 0 Å². The highest BCUT2D eigenvalue weighted by Gasteiger charge is 2.16. The third-order valence-corrected chi connectivity index (χ3v) is 4.88. The molecule has 5 nitrogen and oxygen atoms in total. The molecule has 0 aliphatic carbocycles. The number of hydrogen-bond acceptors (Lipinski definition) is 4. The maximum atomic E-state index is 12.9. The van der Waals surface area contributed by atoms with Gasteiger partial charge in [0.2, 0.25) is 6.79 Å². The van der Waals surface area contributed by atoms with Crippen molar-refractivity contribution >= 4 is 40.4 Å². The quantitative estimate of drug-likeness (QED) is 0.454. The van der Waals surface area contributed by atoms with Crippen molar-refractivity contribution < 1.29 is 14.3 Å². The monoisotopic (exact) mass is 424 g/mol. The summed E-state index contributed by atoms with van der Waals surface area (Å²) in [6.45, 7) is 0.735. The van der Waals surface area contributed by atoms with Crippen LogP contribution in [-0.2, 0) is 6.54 Å². The van der Waals surface area contributed by atoms with Crippen molar-refractivity contribution in [2.45, 2.75) is 6.54 Å². The van der Waals surface area contributed by atoms with Crippen LogP contribution in [0.2, 0.25) is 5.02 Å². The molecule has 0 aromatic heterocycles. The van der Waals surface area contributed by atoms with Gasteiger partial charge in [-0.1, -0.05) is 48.0 Å². The summed E-state index contributed by atoms with van der Waals surface area (Å²) in [4.78, 5) is 12.9. The second-order valence-electron chi connectivity index (χ2n) is 6.38. The number of anilines is 1. The fraction of sp³-hybridized carbons (Fsp3) is 0.0909. The average Bonchev–Trinajstić information content (AvgIpc) is 3.21. The highest BCUT2D eigenvalue weighted by molar-refractivity contribution is 7.80. The van der Waals surface area contributed by atoms with Crippen LogP contribution in [0.1, 0.15) is 21.5 Å². The molecule has 3 aromatic carbocycles. The Bertz CT molecular complexity index is 1070. The van der Waals surface area contributed by atoms with E-state index in [0.29, 0.717) is 33.5 Å². The Morgan fingerprint density at radius 3 is 2.62 bits per heavy atom. The van der Waals surface area contributed by atoms with Gasteiger partial charge in [0.1, 0.15) is 0 Å². The zero-order valence-electron chi connectivity index (χ0n) is 15.3. The minimum atomic E-state index is -0.130. The maximum Gasteiger partial charge on any atom is 0.231 e. The molecule has 0 atom stereocenters. The number of fused-ring (bicyclic) bond motifs is 1. The molecule has 0 fully saturated rings. The standard InChI is InChI=1S/C22H17ClN2O3S/c23-16-7-8-18(17(11-16)21(26)15-4-2-1-3-5-15)25-22(29)24-12-14-6-9-19-20(10-14)28-13-27-19/h1-11H,12-13H2,(H2,24,25,29). The molecule has 1 aliphatic heterocycles. The molecule has 0 saturated carbocycles. The molecule has 146 valence electrons. The third kappa shape index (κ3) is 4.50. The molecule has 0 unspecified atom stereocenters. The van der Waals surface area contributed by atoms with Gasteiger partial charge in [-0.3, -0.25) is 4.79 Å². The van der Waals surface area contributed by atoms with Crippen molar-refractivity contribution in [3.8, 4) is 11.5 Å². The van der Waals surface area contributed by atoms with Crippen molar-refractivity contribution in [2.75, 3.05) is 12.1 Å². The summed E-state index contributed by atoms with van der Waals surface area (Å²) in [5.74, 6) is 1.32. The first-order valence-electron chi connectivity index (χ1n) is 8.93. The summed E-state index contributed by atoms with van der Waals surface area (Å²) in [5, 5.41) is 7.11. The van der Waals surface area contributed by atoms with E-state index in [2.05, 4.69) is 10.6 Å². The van der Waals surface area contributed by atoms with Crippen LogP contribution in [0.3, 0.4) is 0 Å². The van der Waals surface area contributed by atoms with Gasteiger partial charge in [-0.05, 0) is 48.1 Å². The SMILES string of the molecule is O=C(c1ccccc1)c1cc(Cl)ccc1NC(=S)NCc1ccc2c(c1)OCO2. The molecular formula is C22H17ClN2O3S. The van der Waals surface area contributed by atoms with Crippen LogP contribution in [0.4, 0.5) is 5.69 Å². The largest absolute Gasteiger partial charge is 0.454 e. The van der Waals surface area contributed by atoms with Crippen LogP contribution >= 0.6 is 23.8 Å². The van der Waals surface area contributed by atoms with E-state index in [9.17, 15) is 4.79 Å². The number of hydrogen-bond donors (Lipinski definition) is 2. The van der Waals surface area contributed by atoms with E-state index in [1.807, 2.05) is 36.4 Å². The van der Waals surface area contributed by atoms with Crippen molar-refractivity contribution in [3.05, 3.63) is 88.4 Å². The van der Waals surface area contributed by atoms with Gasteiger partial charge in [-0.25, -0.2) is 0 Å². The zero-order chi connectivity index (χ0) is 20.2. The second kappa shape index (κ2) is 8.51. The summed E-state index contributed by atoms with van der Waals surface area (Å²) >= 11 is 11.5. The Morgan fingerprint density at radius 1 is 1.00 bits per heavy atom. The smallest absolute Gasteiger partial charge is 0.231 e. The van der Waals surface area contributed by atoms with Crippen LogP contribution in [0, 0.1) is 0 Å². The number of benzene rings is 3. The number of ketones is 1. The van der Waals surface area contributed by atoms with Gasteiger partial charge in [-0.15, -0.1) is 0 Å². The van der Waals surface area contributed by atoms with Crippen molar-refractivity contribution in [3.63, 3.8) is 0 Å². The number of thiocarbonyl (C=S) groups is 1. The molecule has 0 saturated heterocycles. The van der Waals surface area contributed by atoms with Gasteiger partial charge in [0.15, 0.2) is 22.4 Å². The maximum absolute atomic E-state index is 12.9. The Morgan fingerprint density at radius 2 is 1.79 bits per heavy atom. The van der Waals surface area contributed by atoms with Gasteiger partial charge in [0.05, 0.1) is 5.69 Å². The van der Waals surface area contributed by atoms with E-state index in [-0.39, 0.29) is 12.6 Å². The number of carbonyl (C=O) groups is 1. The van der Waals surface area contributed by atoms with Crippen LogP contribution in [-0.4, -0.2) is 17.7 Å². The molecule has 0 spiro atoms. The van der Waals surface area contributed by atoms with Crippen LogP contribution in [0.25, 0.3) is 0 Å². The van der Waals surface area contributed by atoms with Crippen molar-refractivity contribution in [1.82, 2.24) is 5.32 Å². The predicted octanol–water partition coefficient (Wildman–Crippen LogP) is 4.79. The van der Waals surface area contributed by atoms with Crippen molar-refractivity contribution in [2.24, 2.45) is 0 Å². The molecular weight excluding hydrogens is 408 g/mol. The molecule has 29 heavy (non-hydrogen) atoms. The average molecular weight is 425 g/mol. The molecule has 4 rings (SSSR count). The van der Waals surface area contributed by atoms with E-state index in [1.165, 1.54) is 0 Å². The summed E-state index contributed by atoms with van der Waals surface area (Å²) in [5.41, 5.74) is 2.62. The predicted molar refractivity (Wildman–Crippen MR) is 117 cm³/mol. The van der Waals surface area contributed by atoms with Gasteiger partial charge in [0.25, 0.3) is 0 Å². The lowest BCUT2D eigenvalue weighted by molar-refractivity contribution is 0.103. The topological polar surface area (TPSA) is 59.6 Å². The minimum Gasteiger partial charge on any atom is -0.454 e. The van der Waals surface area contributed by atoms with E-state index in [1.54, 1.807) is 30.3 Å². The van der Waals surface area contributed by atoms with Gasteiger partial charge < -0.3 is 20.1 Å². The number of halogens is 1. The first kappa shape index (κ1) is 19.2. The highest BCUT2D eigenvalue weighted by Crippen LogP contribution is 2.32. The zero-order valence-corrected chi connectivity index (χ0v) is 16.8.